The summed E-state index contributed by atoms with van der Waals surface area (Å²) in [6.45, 7) is 14.6. The van der Waals surface area contributed by atoms with E-state index in [1.807, 2.05) is 19.9 Å². The van der Waals surface area contributed by atoms with Crippen molar-refractivity contribution in [3.05, 3.63) is 265 Å². The quantitative estimate of drug-likeness (QED) is 0.0181. The lowest BCUT2D eigenvalue weighted by Gasteiger charge is -2.16. The van der Waals surface area contributed by atoms with Crippen LogP contribution in [0.1, 0.15) is 116 Å². The fraction of sp³-hybridized carbons (Fsp3) is 0.214. The van der Waals surface area contributed by atoms with E-state index in [9.17, 15) is 38.9 Å². The Morgan fingerprint density at radius 1 is 0.623 bits per heavy atom. The number of pyridine rings is 4. The molecule has 0 spiro atoms. The number of nitrogens with zero attached hydrogens (tertiary/aromatic N) is 14. The van der Waals surface area contributed by atoms with Crippen molar-refractivity contribution >= 4 is 180 Å². The number of aryl methyl sites for hydroxylation is 2. The number of rotatable bonds is 20. The van der Waals surface area contributed by atoms with Gasteiger partial charge in [0.1, 0.15) is 41.1 Å². The van der Waals surface area contributed by atoms with Gasteiger partial charge in [-0.1, -0.05) is 103 Å². The van der Waals surface area contributed by atoms with Crippen LogP contribution in [0.15, 0.2) is 151 Å². The number of hydrazone groups is 1. The minimum absolute atomic E-state index is 0.00561. The SMILES string of the molecule is CC(NC(=O)c1cc(Cl)cc(Br)c1CC(=O)c1cc(Br)nn1-c1ncccc1Cl)C1CC1.CNC(=O)c1cc(Cl)cc(C)c1CC(=O)c1cc(Br)nn1-c1ncccc1Cl.O=[N+]([O-])/N=C1\NCCN1Cc1ccc(Cl)nc1.[C-]#[N+]c1cc(C)c(CC(=O)c2cc(Br)nn2-c2ncccc2Cl)c(C(=O)NC)c1. The molecule has 26 nitrogen and oxygen atoms in total. The Hall–Kier alpha value is -8.87. The van der Waals surface area contributed by atoms with Crippen LogP contribution in [-0.2, 0) is 25.8 Å². The lowest BCUT2D eigenvalue weighted by atomic mass is 9.95. The number of hydrogen-bond donors (Lipinski definition) is 4. The highest BCUT2D eigenvalue weighted by Crippen LogP contribution is 2.35. The van der Waals surface area contributed by atoms with Gasteiger partial charge in [-0.25, -0.2) is 48.9 Å². The maximum atomic E-state index is 13.3. The smallest absolute Gasteiger partial charge is 0.271 e. The zero-order valence-electron chi connectivity index (χ0n) is 56.2. The Labute approximate surface area is 669 Å². The summed E-state index contributed by atoms with van der Waals surface area (Å²) in [7, 11) is 3.03. The molecule has 0 radical (unpaired) electrons. The molecule has 1 aliphatic heterocycles. The predicted octanol–water partition coefficient (Wildman–Crippen LogP) is 15.5. The summed E-state index contributed by atoms with van der Waals surface area (Å²) in [6.07, 6.45) is 8.47. The Kier molecular flexibility index (Phi) is 28.4. The second-order valence-corrected chi connectivity index (χ2v) is 29.1. The first-order chi connectivity index (χ1) is 50.5. The van der Waals surface area contributed by atoms with Crippen LogP contribution in [0, 0.1) is 36.5 Å². The van der Waals surface area contributed by atoms with Crippen molar-refractivity contribution in [1.29, 1.82) is 0 Å². The molecular weight excluding hydrogens is 1750 g/mol. The largest absolute Gasteiger partial charge is 0.355 e. The summed E-state index contributed by atoms with van der Waals surface area (Å²) < 4.78 is 6.13. The van der Waals surface area contributed by atoms with Crippen molar-refractivity contribution in [3.63, 3.8) is 0 Å². The van der Waals surface area contributed by atoms with Gasteiger partial charge in [0, 0.05) is 133 Å². The van der Waals surface area contributed by atoms with Crippen molar-refractivity contribution in [3.8, 4) is 17.5 Å². The van der Waals surface area contributed by atoms with Crippen molar-refractivity contribution in [2.75, 3.05) is 27.2 Å². The number of carbonyl (C=O) groups is 6. The molecule has 7 aromatic heterocycles. The number of halogens is 10. The number of aromatic nitrogens is 10. The molecule has 10 aromatic rings. The summed E-state index contributed by atoms with van der Waals surface area (Å²) in [5.74, 6) is 0.118. The molecule has 0 bridgehead atoms. The molecule has 1 aliphatic carbocycles. The first-order valence-electron chi connectivity index (χ1n) is 31.6. The third-order valence-corrected chi connectivity index (χ3v) is 19.5. The van der Waals surface area contributed by atoms with Gasteiger partial charge in [0.15, 0.2) is 45.5 Å². The Morgan fingerprint density at radius 2 is 1.07 bits per heavy atom. The van der Waals surface area contributed by atoms with E-state index < -0.39 is 5.03 Å². The van der Waals surface area contributed by atoms with Gasteiger partial charge < -0.3 is 26.2 Å². The van der Waals surface area contributed by atoms with E-state index in [2.05, 4.69) is 130 Å². The Bertz CT molecular complexity index is 5130. The van der Waals surface area contributed by atoms with Crippen molar-refractivity contribution < 1.29 is 33.8 Å². The third kappa shape index (κ3) is 20.8. The minimum atomic E-state index is -0.708. The zero-order chi connectivity index (χ0) is 76.8. The van der Waals surface area contributed by atoms with Gasteiger partial charge in [0.25, 0.3) is 17.8 Å². The number of benzene rings is 3. The number of amides is 3. The van der Waals surface area contributed by atoms with Crippen LogP contribution in [0.25, 0.3) is 22.3 Å². The maximum Gasteiger partial charge on any atom is 0.271 e. The monoisotopic (exact) mass is 1800 g/mol. The number of guanidine groups is 1. The molecule has 4 N–H and O–H groups in total. The van der Waals surface area contributed by atoms with E-state index in [1.54, 1.807) is 128 Å². The van der Waals surface area contributed by atoms with Crippen LogP contribution in [-0.4, -0.2) is 133 Å². The molecule has 36 heteroatoms. The number of ketones is 3. The van der Waals surface area contributed by atoms with Gasteiger partial charge in [-0.05, 0) is 188 Å². The van der Waals surface area contributed by atoms with Crippen LogP contribution in [0.4, 0.5) is 5.69 Å². The van der Waals surface area contributed by atoms with E-state index in [-0.39, 0.29) is 77.7 Å². The Balaban J connectivity index is 0.000000167. The van der Waals surface area contributed by atoms with E-state index in [0.717, 1.165) is 24.0 Å². The summed E-state index contributed by atoms with van der Waals surface area (Å²) in [5, 5.41) is 39.1. The topological polar surface area (TPSA) is 319 Å². The predicted molar refractivity (Wildman–Crippen MR) is 418 cm³/mol. The molecule has 1 unspecified atom stereocenters. The van der Waals surface area contributed by atoms with E-state index >= 15 is 0 Å². The molecule has 8 heterocycles. The van der Waals surface area contributed by atoms with E-state index in [1.165, 1.54) is 34.2 Å². The fourth-order valence-corrected chi connectivity index (χ4v) is 13.9. The first kappa shape index (κ1) is 81.2. The van der Waals surface area contributed by atoms with Crippen LogP contribution in [0.5, 0.6) is 0 Å². The summed E-state index contributed by atoms with van der Waals surface area (Å²) in [4.78, 5) is 109. The highest BCUT2D eigenvalue weighted by Gasteiger charge is 2.32. The van der Waals surface area contributed by atoms with Gasteiger partial charge in [-0.15, -0.1) is 0 Å². The van der Waals surface area contributed by atoms with Gasteiger partial charge in [0.2, 0.25) is 5.91 Å². The molecular formula is C70H58Br4Cl6N18O8. The third-order valence-electron chi connectivity index (χ3n) is 16.1. The van der Waals surface area contributed by atoms with Gasteiger partial charge >= 0.3 is 0 Å². The van der Waals surface area contributed by atoms with Crippen molar-refractivity contribution in [2.45, 2.75) is 65.5 Å². The molecule has 3 amide bonds. The normalized spacial score (nSPS) is 12.8. The van der Waals surface area contributed by atoms with Gasteiger partial charge in [-0.3, -0.25) is 28.8 Å². The zero-order valence-corrected chi connectivity index (χ0v) is 67.1. The van der Waals surface area contributed by atoms with Gasteiger partial charge in [-0.2, -0.15) is 15.3 Å². The molecule has 106 heavy (non-hydrogen) atoms. The van der Waals surface area contributed by atoms with E-state index in [4.69, 9.17) is 76.2 Å². The van der Waals surface area contributed by atoms with Crippen LogP contribution in [0.3, 0.4) is 0 Å². The fourth-order valence-electron chi connectivity index (χ4n) is 10.8. The molecule has 2 aliphatic rings. The second-order valence-electron chi connectivity index (χ2n) is 23.3. The maximum absolute atomic E-state index is 13.3. The average molecular weight is 1810 g/mol. The number of hydrogen-bond acceptors (Lipinski definition) is 15. The number of Topliss-reactive ketones (excluding diaryl/α,β-unsaturated/α-hetero) is 3. The molecule has 2 fully saturated rings. The highest BCUT2D eigenvalue weighted by molar-refractivity contribution is 9.11. The Morgan fingerprint density at radius 3 is 1.49 bits per heavy atom. The first-order valence-corrected chi connectivity index (χ1v) is 37.0. The number of carbonyl (C=O) groups excluding carboxylic acids is 6. The van der Waals surface area contributed by atoms with Crippen molar-refractivity contribution in [1.82, 2.24) is 75.4 Å². The van der Waals surface area contributed by atoms with Gasteiger partial charge in [0.05, 0.1) is 21.6 Å². The lowest BCUT2D eigenvalue weighted by Crippen LogP contribution is -2.34. The number of nitro groups is 1. The second kappa shape index (κ2) is 37.1. The summed E-state index contributed by atoms with van der Waals surface area (Å²) in [5.41, 5.74) is 6.29. The average Bonchev–Trinajstić information content (AvgIpc) is 1.54. The van der Waals surface area contributed by atoms with Crippen molar-refractivity contribution in [2.24, 2.45) is 11.0 Å². The molecule has 12 rings (SSSR count). The molecule has 1 saturated heterocycles. The molecule has 1 saturated carbocycles. The molecule has 3 aromatic carbocycles. The van der Waals surface area contributed by atoms with E-state index in [0.29, 0.717) is 142 Å². The summed E-state index contributed by atoms with van der Waals surface area (Å²) >= 11 is 50.1. The van der Waals surface area contributed by atoms with Crippen LogP contribution < -0.4 is 21.3 Å². The minimum Gasteiger partial charge on any atom is -0.355 e. The van der Waals surface area contributed by atoms with Crippen LogP contribution in [0.2, 0.25) is 30.3 Å². The highest BCUT2D eigenvalue weighted by atomic mass is 79.9. The summed E-state index contributed by atoms with van der Waals surface area (Å²) in [6, 6.07) is 28.1. The number of nitrogens with one attached hydrogen (secondary N) is 4. The standard InChI is InChI=1S/C22H18Br2Cl2N4O2.C20H15BrClN5O2.C19H15BrCl2N4O2.C9H10ClN5O2/c1-11(12-4-5-12)28-22(32)15-7-13(25)8-16(23)14(15)9-19(31)18-10-20(24)29-30(18)21-17(26)3-2-6-27-21;1-11-7-12(23-2)8-14(20(29)24-3)13(11)9-17(28)16-10-18(21)26-27(16)19-15(22)5-4-6-25-19;1-10-6-11(21)7-13(19(28)23-2)12(10)8-16(27)15-9-17(20)25-26(15)18-14(22)4-3-5-24-18;10-8-2-1-7(5-12-8)6-14-4-3-11-9(14)13-15(16)17/h2-3,6-8,10-12H,4-5,9H2,1H3,(H,28,32);4-8,10H,9H2,1,3H3,(H,24,29);3-7,9H,8H2,1-2H3,(H,23,28);1-2,5H,3-4,6H2,(H,11,13). The van der Waals surface area contributed by atoms with Crippen LogP contribution >= 0.6 is 133 Å². The molecule has 1 atom stereocenters. The lowest BCUT2D eigenvalue weighted by molar-refractivity contribution is -0.485. The molecule has 546 valence electrons.